The van der Waals surface area contributed by atoms with Crippen LogP contribution in [0.1, 0.15) is 54.3 Å². The summed E-state index contributed by atoms with van der Waals surface area (Å²) in [6.07, 6.45) is 10.4. The van der Waals surface area contributed by atoms with Gasteiger partial charge in [-0.15, -0.1) is 0 Å². The highest BCUT2D eigenvalue weighted by Crippen LogP contribution is 2.33. The Morgan fingerprint density at radius 3 is 2.62 bits per heavy atom. The molecule has 0 radical (unpaired) electrons. The van der Waals surface area contributed by atoms with Gasteiger partial charge in [0.15, 0.2) is 0 Å². The Morgan fingerprint density at radius 2 is 1.88 bits per heavy atom. The fraction of sp³-hybridized carbons (Fsp3) is 0.333. The van der Waals surface area contributed by atoms with Crippen LogP contribution in [0.2, 0.25) is 0 Å². The first-order valence-electron chi connectivity index (χ1n) is 11.7. The smallest absolute Gasteiger partial charge is 0.303 e. The number of nitrogens with zero attached hydrogens (tertiary/aromatic N) is 4. The van der Waals surface area contributed by atoms with E-state index in [1.54, 1.807) is 12.4 Å². The predicted molar refractivity (Wildman–Crippen MR) is 130 cm³/mol. The molecule has 4 rings (SSSR count). The maximum Gasteiger partial charge on any atom is 0.303 e. The standard InChI is InChI=1S/C27H30N4O3/c1-3-22-8-9-25-27(21-14-19(2)15-29-16-21)23(6-4-5-7-26(32)33)24(30-31(22)25)18-34-17-20-10-12-28-13-11-20/h8-16H,3-7,17-18H2,1-2H3,(H,32,33). The zero-order valence-electron chi connectivity index (χ0n) is 19.7. The summed E-state index contributed by atoms with van der Waals surface area (Å²) in [4.78, 5) is 19.5. The molecular formula is C27H30N4O3. The van der Waals surface area contributed by atoms with E-state index in [2.05, 4.69) is 35.1 Å². The van der Waals surface area contributed by atoms with Gasteiger partial charge in [0.2, 0.25) is 0 Å². The van der Waals surface area contributed by atoms with Crippen LogP contribution < -0.4 is 0 Å². The molecule has 0 aromatic carbocycles. The summed E-state index contributed by atoms with van der Waals surface area (Å²) in [5.41, 5.74) is 8.42. The molecule has 7 nitrogen and oxygen atoms in total. The van der Waals surface area contributed by atoms with Crippen LogP contribution in [0.25, 0.3) is 16.6 Å². The van der Waals surface area contributed by atoms with Crippen LogP contribution in [0, 0.1) is 6.92 Å². The molecule has 0 fully saturated rings. The van der Waals surface area contributed by atoms with Crippen molar-refractivity contribution >= 4 is 11.5 Å². The number of fused-ring (bicyclic) bond motifs is 1. The van der Waals surface area contributed by atoms with Crippen molar-refractivity contribution in [2.24, 2.45) is 0 Å². The van der Waals surface area contributed by atoms with Crippen molar-refractivity contribution in [1.82, 2.24) is 19.6 Å². The number of aliphatic carboxylic acids is 1. The second-order valence-electron chi connectivity index (χ2n) is 8.48. The first-order valence-corrected chi connectivity index (χ1v) is 11.7. The number of aromatic nitrogens is 4. The van der Waals surface area contributed by atoms with E-state index in [0.717, 1.165) is 64.0 Å². The number of carboxylic acid groups (broad SMARTS) is 1. The number of carboxylic acids is 1. The average molecular weight is 459 g/mol. The summed E-state index contributed by atoms with van der Waals surface area (Å²) in [6.45, 7) is 4.99. The number of rotatable bonds is 11. The Bertz CT molecular complexity index is 1270. The predicted octanol–water partition coefficient (Wildman–Crippen LogP) is 5.18. The van der Waals surface area contributed by atoms with Gasteiger partial charge in [-0.2, -0.15) is 5.10 Å². The van der Waals surface area contributed by atoms with Gasteiger partial charge in [0.05, 0.1) is 24.4 Å². The molecule has 0 atom stereocenters. The molecule has 0 aliphatic carbocycles. The van der Waals surface area contributed by atoms with Crippen molar-refractivity contribution in [3.8, 4) is 11.1 Å². The van der Waals surface area contributed by atoms with Gasteiger partial charge in [0.1, 0.15) is 0 Å². The second kappa shape index (κ2) is 11.0. The third kappa shape index (κ3) is 5.48. The molecule has 0 spiro atoms. The minimum Gasteiger partial charge on any atom is -0.481 e. The average Bonchev–Trinajstić information content (AvgIpc) is 3.24. The SMILES string of the molecule is CCc1ccc2c(-c3cncc(C)c3)c(CCCCC(=O)O)c(COCc3ccncc3)nn12. The third-order valence-corrected chi connectivity index (χ3v) is 5.91. The van der Waals surface area contributed by atoms with E-state index in [4.69, 9.17) is 14.9 Å². The van der Waals surface area contributed by atoms with Crippen LogP contribution in [0.15, 0.2) is 55.1 Å². The highest BCUT2D eigenvalue weighted by atomic mass is 16.5. The Morgan fingerprint density at radius 1 is 1.06 bits per heavy atom. The third-order valence-electron chi connectivity index (χ3n) is 5.91. The lowest BCUT2D eigenvalue weighted by atomic mass is 9.95. The minimum atomic E-state index is -0.767. The normalized spacial score (nSPS) is 11.2. The van der Waals surface area contributed by atoms with E-state index in [0.29, 0.717) is 19.6 Å². The molecule has 34 heavy (non-hydrogen) atoms. The fourth-order valence-electron chi connectivity index (χ4n) is 4.25. The molecule has 0 amide bonds. The fourth-order valence-corrected chi connectivity index (χ4v) is 4.25. The molecule has 0 aliphatic rings. The topological polar surface area (TPSA) is 89.6 Å². The number of carbonyl (C=O) groups is 1. The van der Waals surface area contributed by atoms with Gasteiger partial charge in [-0.3, -0.25) is 14.8 Å². The summed E-state index contributed by atoms with van der Waals surface area (Å²) in [5.74, 6) is -0.767. The van der Waals surface area contributed by atoms with Crippen molar-refractivity contribution in [2.45, 2.75) is 59.2 Å². The molecule has 0 bridgehead atoms. The molecule has 176 valence electrons. The van der Waals surface area contributed by atoms with E-state index < -0.39 is 5.97 Å². The number of pyridine rings is 2. The van der Waals surface area contributed by atoms with Crippen molar-refractivity contribution < 1.29 is 14.6 Å². The minimum absolute atomic E-state index is 0.163. The maximum absolute atomic E-state index is 11.0. The molecule has 1 N–H and O–H groups in total. The van der Waals surface area contributed by atoms with E-state index in [1.807, 2.05) is 36.0 Å². The number of hydrogen-bond donors (Lipinski definition) is 1. The molecule has 7 heteroatoms. The number of unbranched alkanes of at least 4 members (excludes halogenated alkanes) is 1. The summed E-state index contributed by atoms with van der Waals surface area (Å²) >= 11 is 0. The van der Waals surface area contributed by atoms with Crippen molar-refractivity contribution in [3.05, 3.63) is 83.2 Å². The Balaban J connectivity index is 1.76. The van der Waals surface area contributed by atoms with Crippen LogP contribution in [-0.2, 0) is 35.6 Å². The van der Waals surface area contributed by atoms with Crippen LogP contribution in [0.4, 0.5) is 0 Å². The largest absolute Gasteiger partial charge is 0.481 e. The summed E-state index contributed by atoms with van der Waals surface area (Å²) in [5, 5.41) is 14.1. The number of hydrogen-bond acceptors (Lipinski definition) is 5. The van der Waals surface area contributed by atoms with Crippen LogP contribution in [-0.4, -0.2) is 30.7 Å². The van der Waals surface area contributed by atoms with Crippen molar-refractivity contribution in [2.75, 3.05) is 0 Å². The van der Waals surface area contributed by atoms with Gasteiger partial charge in [0.25, 0.3) is 0 Å². The highest BCUT2D eigenvalue weighted by Gasteiger charge is 2.19. The van der Waals surface area contributed by atoms with Gasteiger partial charge in [-0.25, -0.2) is 4.52 Å². The molecule has 0 aliphatic heterocycles. The quantitative estimate of drug-likeness (QED) is 0.312. The zero-order valence-corrected chi connectivity index (χ0v) is 19.7. The van der Waals surface area contributed by atoms with Gasteiger partial charge in [0, 0.05) is 48.0 Å². The van der Waals surface area contributed by atoms with Gasteiger partial charge < -0.3 is 9.84 Å². The van der Waals surface area contributed by atoms with E-state index in [-0.39, 0.29) is 6.42 Å². The molecule has 4 heterocycles. The van der Waals surface area contributed by atoms with Crippen LogP contribution >= 0.6 is 0 Å². The number of ether oxygens (including phenoxy) is 1. The highest BCUT2D eigenvalue weighted by molar-refractivity contribution is 5.83. The lowest BCUT2D eigenvalue weighted by Crippen LogP contribution is -2.10. The zero-order chi connectivity index (χ0) is 23.9. The summed E-state index contributed by atoms with van der Waals surface area (Å²) in [6, 6.07) is 10.3. The molecule has 0 saturated carbocycles. The van der Waals surface area contributed by atoms with Gasteiger partial charge >= 0.3 is 5.97 Å². The van der Waals surface area contributed by atoms with Crippen LogP contribution in [0.3, 0.4) is 0 Å². The lowest BCUT2D eigenvalue weighted by molar-refractivity contribution is -0.137. The first-order chi connectivity index (χ1) is 16.6. The van der Waals surface area contributed by atoms with Gasteiger partial charge in [-0.05, 0) is 79.6 Å². The molecule has 0 saturated heterocycles. The van der Waals surface area contributed by atoms with Crippen LogP contribution in [0.5, 0.6) is 0 Å². The Labute approximate surface area is 199 Å². The van der Waals surface area contributed by atoms with Crippen molar-refractivity contribution in [3.63, 3.8) is 0 Å². The summed E-state index contributed by atoms with van der Waals surface area (Å²) in [7, 11) is 0. The molecule has 4 aromatic heterocycles. The van der Waals surface area contributed by atoms with E-state index >= 15 is 0 Å². The lowest BCUT2D eigenvalue weighted by Gasteiger charge is -2.18. The summed E-state index contributed by atoms with van der Waals surface area (Å²) < 4.78 is 8.11. The maximum atomic E-state index is 11.0. The van der Waals surface area contributed by atoms with Crippen molar-refractivity contribution in [1.29, 1.82) is 0 Å². The molecule has 4 aromatic rings. The monoisotopic (exact) mass is 458 g/mol. The first kappa shape index (κ1) is 23.6. The molecule has 0 unspecified atom stereocenters. The second-order valence-corrected chi connectivity index (χ2v) is 8.48. The van der Waals surface area contributed by atoms with Gasteiger partial charge in [-0.1, -0.05) is 6.92 Å². The molecular weight excluding hydrogens is 428 g/mol. The Kier molecular flexibility index (Phi) is 7.65. The Hall–Kier alpha value is -3.58. The van der Waals surface area contributed by atoms with E-state index in [1.165, 1.54) is 0 Å². The van der Waals surface area contributed by atoms with E-state index in [9.17, 15) is 4.79 Å². The number of aryl methyl sites for hydroxylation is 2.